The Morgan fingerprint density at radius 1 is 1.04 bits per heavy atom. The van der Waals surface area contributed by atoms with Crippen molar-refractivity contribution in [2.24, 2.45) is 5.92 Å². The summed E-state index contributed by atoms with van der Waals surface area (Å²) in [6, 6.07) is 12.5. The monoisotopic (exact) mass is 360 g/mol. The van der Waals surface area contributed by atoms with Crippen LogP contribution in [0, 0.1) is 5.92 Å². The van der Waals surface area contributed by atoms with E-state index in [0.29, 0.717) is 25.0 Å². The maximum Gasteiger partial charge on any atom is 0.393 e. The minimum Gasteiger partial charge on any atom is -0.351 e. The summed E-state index contributed by atoms with van der Waals surface area (Å²) in [5, 5.41) is 5.56. The van der Waals surface area contributed by atoms with E-state index in [-0.39, 0.29) is 6.42 Å². The van der Waals surface area contributed by atoms with Crippen molar-refractivity contribution < 1.29 is 18.0 Å². The molecule has 3 nitrogen and oxygen atoms in total. The predicted molar refractivity (Wildman–Crippen MR) is 95.1 cm³/mol. The molecule has 1 amide bonds. The molecule has 0 radical (unpaired) electrons. The van der Waals surface area contributed by atoms with Crippen molar-refractivity contribution in [2.75, 3.05) is 0 Å². The molecule has 2 N–H and O–H groups in total. The van der Waals surface area contributed by atoms with E-state index in [4.69, 9.17) is 0 Å². The molecule has 0 spiro atoms. The summed E-state index contributed by atoms with van der Waals surface area (Å²) in [6.07, 6.45) is -2.59. The highest BCUT2D eigenvalue weighted by Gasteiger charge is 2.46. The van der Waals surface area contributed by atoms with E-state index in [1.807, 2.05) is 36.4 Å². The lowest BCUT2D eigenvalue weighted by molar-refractivity contribution is -0.187. The first kappa shape index (κ1) is 16.9. The van der Waals surface area contributed by atoms with Crippen molar-refractivity contribution in [3.05, 3.63) is 48.2 Å². The zero-order valence-corrected chi connectivity index (χ0v) is 14.1. The minimum absolute atomic E-state index is 0.0752. The van der Waals surface area contributed by atoms with Gasteiger partial charge in [0.25, 0.3) is 5.91 Å². The molecule has 6 heteroatoms. The molecule has 2 aromatic carbocycles. The Kier molecular flexibility index (Phi) is 4.13. The van der Waals surface area contributed by atoms with Gasteiger partial charge in [0.2, 0.25) is 0 Å². The molecule has 1 aliphatic carbocycles. The van der Waals surface area contributed by atoms with E-state index in [1.165, 1.54) is 0 Å². The Morgan fingerprint density at radius 3 is 2.62 bits per heavy atom. The fraction of sp³-hybridized carbons (Fsp3) is 0.350. The van der Waals surface area contributed by atoms with Gasteiger partial charge >= 0.3 is 6.18 Å². The van der Waals surface area contributed by atoms with Crippen LogP contribution in [0.25, 0.3) is 21.7 Å². The highest BCUT2D eigenvalue weighted by molar-refractivity contribution is 6.09. The molecule has 2 atom stereocenters. The molecule has 1 aliphatic rings. The topological polar surface area (TPSA) is 44.9 Å². The van der Waals surface area contributed by atoms with Gasteiger partial charge in [-0.2, -0.15) is 13.2 Å². The standard InChI is InChI=1S/C20H19F3N2O/c21-20(22,23)15-7-3-4-8-17(15)25-19(26)18-11-14-13-6-2-1-5-12(13)9-10-16(14)24-18/h1-2,5-6,9-11,15,17,24H,3-4,7-8H2,(H,25,26). The average molecular weight is 360 g/mol. The molecular weight excluding hydrogens is 341 g/mol. The Hall–Kier alpha value is -2.50. The lowest BCUT2D eigenvalue weighted by Crippen LogP contribution is -2.47. The molecule has 1 fully saturated rings. The number of halogens is 3. The van der Waals surface area contributed by atoms with E-state index in [0.717, 1.165) is 21.7 Å². The van der Waals surface area contributed by atoms with Gasteiger partial charge in [-0.25, -0.2) is 0 Å². The SMILES string of the molecule is O=C(NC1CCCCC1C(F)(F)F)c1cc2c(ccc3ccccc32)[nH]1. The van der Waals surface area contributed by atoms with Crippen LogP contribution in [0.4, 0.5) is 13.2 Å². The molecule has 1 saturated carbocycles. The van der Waals surface area contributed by atoms with E-state index >= 15 is 0 Å². The smallest absolute Gasteiger partial charge is 0.351 e. The highest BCUT2D eigenvalue weighted by Crippen LogP contribution is 2.38. The predicted octanol–water partition coefficient (Wildman–Crippen LogP) is 5.17. The van der Waals surface area contributed by atoms with Gasteiger partial charge in [0, 0.05) is 16.9 Å². The second-order valence-electron chi connectivity index (χ2n) is 6.94. The summed E-state index contributed by atoms with van der Waals surface area (Å²) in [7, 11) is 0. The zero-order chi connectivity index (χ0) is 18.3. The van der Waals surface area contributed by atoms with Crippen LogP contribution in [0.3, 0.4) is 0 Å². The fourth-order valence-electron chi connectivity index (χ4n) is 3.95. The van der Waals surface area contributed by atoms with Crippen LogP contribution >= 0.6 is 0 Å². The molecule has 3 aromatic rings. The summed E-state index contributed by atoms with van der Waals surface area (Å²) in [4.78, 5) is 15.6. The first-order valence-electron chi connectivity index (χ1n) is 8.81. The van der Waals surface area contributed by atoms with Crippen molar-refractivity contribution in [1.82, 2.24) is 10.3 Å². The van der Waals surface area contributed by atoms with Crippen molar-refractivity contribution in [1.29, 1.82) is 0 Å². The van der Waals surface area contributed by atoms with Crippen LogP contribution in [0.5, 0.6) is 0 Å². The third-order valence-corrected chi connectivity index (χ3v) is 5.28. The minimum atomic E-state index is -4.28. The number of aromatic amines is 1. The van der Waals surface area contributed by atoms with E-state index < -0.39 is 24.0 Å². The summed E-state index contributed by atoms with van der Waals surface area (Å²) >= 11 is 0. The summed E-state index contributed by atoms with van der Waals surface area (Å²) in [5.74, 6) is -1.95. The van der Waals surface area contributed by atoms with Gasteiger partial charge in [-0.1, -0.05) is 43.2 Å². The lowest BCUT2D eigenvalue weighted by Gasteiger charge is -2.33. The van der Waals surface area contributed by atoms with E-state index in [9.17, 15) is 18.0 Å². The van der Waals surface area contributed by atoms with Crippen LogP contribution in [0.2, 0.25) is 0 Å². The number of amides is 1. The number of carbonyl (C=O) groups is 1. The molecule has 0 bridgehead atoms. The molecule has 1 heterocycles. The third kappa shape index (κ3) is 3.04. The number of alkyl halides is 3. The van der Waals surface area contributed by atoms with Crippen LogP contribution in [-0.4, -0.2) is 23.1 Å². The van der Waals surface area contributed by atoms with Gasteiger partial charge in [-0.3, -0.25) is 4.79 Å². The average Bonchev–Trinajstić information content (AvgIpc) is 3.06. The van der Waals surface area contributed by atoms with Crippen molar-refractivity contribution in [3.63, 3.8) is 0 Å². The van der Waals surface area contributed by atoms with Crippen LogP contribution < -0.4 is 5.32 Å². The largest absolute Gasteiger partial charge is 0.393 e. The fourth-order valence-corrected chi connectivity index (χ4v) is 3.95. The quantitative estimate of drug-likeness (QED) is 0.650. The molecule has 136 valence electrons. The molecular formula is C20H19F3N2O. The third-order valence-electron chi connectivity index (χ3n) is 5.28. The Bertz CT molecular complexity index is 960. The Morgan fingerprint density at radius 2 is 1.81 bits per heavy atom. The zero-order valence-electron chi connectivity index (χ0n) is 14.1. The first-order chi connectivity index (χ1) is 12.4. The number of hydrogen-bond acceptors (Lipinski definition) is 1. The van der Waals surface area contributed by atoms with Gasteiger partial charge in [0.1, 0.15) is 5.69 Å². The van der Waals surface area contributed by atoms with E-state index in [2.05, 4.69) is 10.3 Å². The number of hydrogen-bond donors (Lipinski definition) is 2. The number of rotatable bonds is 2. The van der Waals surface area contributed by atoms with Gasteiger partial charge in [-0.05, 0) is 35.7 Å². The number of fused-ring (bicyclic) bond motifs is 3. The number of benzene rings is 2. The molecule has 26 heavy (non-hydrogen) atoms. The molecule has 0 saturated heterocycles. The van der Waals surface area contributed by atoms with Gasteiger partial charge in [0.05, 0.1) is 5.92 Å². The first-order valence-corrected chi connectivity index (χ1v) is 8.81. The second kappa shape index (κ2) is 6.34. The summed E-state index contributed by atoms with van der Waals surface area (Å²) in [5.41, 5.74) is 1.09. The molecule has 0 aliphatic heterocycles. The van der Waals surface area contributed by atoms with Gasteiger partial charge < -0.3 is 10.3 Å². The molecule has 4 rings (SSSR count). The highest BCUT2D eigenvalue weighted by atomic mass is 19.4. The van der Waals surface area contributed by atoms with Gasteiger partial charge in [-0.15, -0.1) is 0 Å². The second-order valence-corrected chi connectivity index (χ2v) is 6.94. The Labute approximate surface area is 148 Å². The normalized spacial score (nSPS) is 21.2. The summed E-state index contributed by atoms with van der Waals surface area (Å²) in [6.45, 7) is 0. The number of aromatic nitrogens is 1. The molecule has 1 aromatic heterocycles. The van der Waals surface area contributed by atoms with Crippen molar-refractivity contribution in [3.8, 4) is 0 Å². The molecule has 2 unspecified atom stereocenters. The maximum atomic E-state index is 13.2. The van der Waals surface area contributed by atoms with Gasteiger partial charge in [0.15, 0.2) is 0 Å². The van der Waals surface area contributed by atoms with Crippen molar-refractivity contribution in [2.45, 2.75) is 37.9 Å². The number of H-pyrrole nitrogens is 1. The summed E-state index contributed by atoms with van der Waals surface area (Å²) < 4.78 is 39.7. The number of nitrogens with one attached hydrogen (secondary N) is 2. The van der Waals surface area contributed by atoms with Crippen molar-refractivity contribution >= 4 is 27.6 Å². The lowest BCUT2D eigenvalue weighted by atomic mass is 9.84. The maximum absolute atomic E-state index is 13.2. The van der Waals surface area contributed by atoms with Crippen LogP contribution in [0.15, 0.2) is 42.5 Å². The Balaban J connectivity index is 1.63. The van der Waals surface area contributed by atoms with E-state index in [1.54, 1.807) is 6.07 Å². The van der Waals surface area contributed by atoms with Crippen LogP contribution in [0.1, 0.15) is 36.2 Å². The number of carbonyl (C=O) groups excluding carboxylic acids is 1. The van der Waals surface area contributed by atoms with Crippen LogP contribution in [-0.2, 0) is 0 Å².